The van der Waals surface area contributed by atoms with Gasteiger partial charge in [0.25, 0.3) is 0 Å². The molecule has 1 heterocycles. The summed E-state index contributed by atoms with van der Waals surface area (Å²) in [5, 5.41) is 9.28. The van der Waals surface area contributed by atoms with E-state index in [9.17, 15) is 9.90 Å². The number of carbonyl (C=O) groups is 1. The molecule has 1 N–H and O–H groups in total. The highest BCUT2D eigenvalue weighted by Gasteiger charge is 2.29. The van der Waals surface area contributed by atoms with Gasteiger partial charge in [-0.15, -0.1) is 0 Å². The SMILES string of the molecule is Cc1ccc(-c2ccc(C(=O)O)n2C2CC2)cc1C. The van der Waals surface area contributed by atoms with Gasteiger partial charge < -0.3 is 9.67 Å². The summed E-state index contributed by atoms with van der Waals surface area (Å²) in [5.74, 6) is -0.845. The Hall–Kier alpha value is -2.03. The highest BCUT2D eigenvalue weighted by atomic mass is 16.4. The van der Waals surface area contributed by atoms with Gasteiger partial charge in [-0.1, -0.05) is 12.1 Å². The molecule has 19 heavy (non-hydrogen) atoms. The Labute approximate surface area is 112 Å². The fraction of sp³-hybridized carbons (Fsp3) is 0.312. The zero-order valence-electron chi connectivity index (χ0n) is 11.2. The normalized spacial score (nSPS) is 14.6. The number of carboxylic acid groups (broad SMARTS) is 1. The Kier molecular flexibility index (Phi) is 2.70. The average Bonchev–Trinajstić information content (AvgIpc) is 3.11. The molecule has 1 saturated carbocycles. The predicted octanol–water partition coefficient (Wildman–Crippen LogP) is 3.81. The average molecular weight is 255 g/mol. The molecule has 98 valence electrons. The first-order valence-electron chi connectivity index (χ1n) is 6.60. The second kappa shape index (κ2) is 4.26. The lowest BCUT2D eigenvalue weighted by Gasteiger charge is -2.12. The van der Waals surface area contributed by atoms with Crippen molar-refractivity contribution in [3.05, 3.63) is 47.2 Å². The van der Waals surface area contributed by atoms with Crippen LogP contribution in [0.4, 0.5) is 0 Å². The lowest BCUT2D eigenvalue weighted by Crippen LogP contribution is -2.08. The Morgan fingerprint density at radius 1 is 1.16 bits per heavy atom. The van der Waals surface area contributed by atoms with E-state index in [4.69, 9.17) is 0 Å². The fourth-order valence-corrected chi connectivity index (χ4v) is 2.48. The highest BCUT2D eigenvalue weighted by Crippen LogP contribution is 2.40. The molecule has 0 aliphatic heterocycles. The second-order valence-electron chi connectivity index (χ2n) is 5.31. The van der Waals surface area contributed by atoms with Gasteiger partial charge in [0, 0.05) is 11.7 Å². The Balaban J connectivity index is 2.14. The van der Waals surface area contributed by atoms with Gasteiger partial charge in [0.1, 0.15) is 5.69 Å². The lowest BCUT2D eigenvalue weighted by atomic mass is 10.0. The molecule has 3 rings (SSSR count). The van der Waals surface area contributed by atoms with Crippen LogP contribution in [-0.2, 0) is 0 Å². The molecule has 3 nitrogen and oxygen atoms in total. The minimum Gasteiger partial charge on any atom is -0.477 e. The van der Waals surface area contributed by atoms with Crippen molar-refractivity contribution >= 4 is 5.97 Å². The van der Waals surface area contributed by atoms with Crippen LogP contribution in [0.3, 0.4) is 0 Å². The van der Waals surface area contributed by atoms with E-state index >= 15 is 0 Å². The summed E-state index contributed by atoms with van der Waals surface area (Å²) in [4.78, 5) is 11.3. The number of aryl methyl sites for hydroxylation is 2. The standard InChI is InChI=1S/C16H17NO2/c1-10-3-4-12(9-11(10)2)14-7-8-15(16(18)19)17(14)13-5-6-13/h3-4,7-9,13H,5-6H2,1-2H3,(H,18,19). The molecule has 0 spiro atoms. The number of hydrogen-bond donors (Lipinski definition) is 1. The van der Waals surface area contributed by atoms with Crippen molar-refractivity contribution in [2.45, 2.75) is 32.7 Å². The summed E-state index contributed by atoms with van der Waals surface area (Å²) in [7, 11) is 0. The largest absolute Gasteiger partial charge is 0.477 e. The molecule has 0 radical (unpaired) electrons. The molecule has 1 aliphatic carbocycles. The van der Waals surface area contributed by atoms with E-state index in [0.717, 1.165) is 24.1 Å². The van der Waals surface area contributed by atoms with Crippen molar-refractivity contribution in [2.75, 3.05) is 0 Å². The maximum Gasteiger partial charge on any atom is 0.352 e. The smallest absolute Gasteiger partial charge is 0.352 e. The molecule has 0 bridgehead atoms. The molecule has 1 aliphatic rings. The van der Waals surface area contributed by atoms with Gasteiger partial charge in [-0.05, 0) is 61.6 Å². The molecular weight excluding hydrogens is 238 g/mol. The van der Waals surface area contributed by atoms with Crippen molar-refractivity contribution < 1.29 is 9.90 Å². The van der Waals surface area contributed by atoms with Crippen LogP contribution in [0, 0.1) is 13.8 Å². The quantitative estimate of drug-likeness (QED) is 0.906. The Bertz CT molecular complexity index is 651. The summed E-state index contributed by atoms with van der Waals surface area (Å²) in [5.41, 5.74) is 5.01. The van der Waals surface area contributed by atoms with E-state index in [1.807, 2.05) is 10.6 Å². The van der Waals surface area contributed by atoms with Crippen LogP contribution in [0.1, 0.15) is 40.5 Å². The molecule has 0 amide bonds. The first-order valence-corrected chi connectivity index (χ1v) is 6.60. The van der Waals surface area contributed by atoms with Gasteiger partial charge in [0.05, 0.1) is 0 Å². The molecule has 2 aromatic rings. The topological polar surface area (TPSA) is 42.2 Å². The first-order chi connectivity index (χ1) is 9.08. The number of rotatable bonds is 3. The van der Waals surface area contributed by atoms with E-state index in [1.54, 1.807) is 6.07 Å². The number of benzene rings is 1. The molecule has 1 aromatic heterocycles. The van der Waals surface area contributed by atoms with E-state index in [1.165, 1.54) is 11.1 Å². The number of hydrogen-bond acceptors (Lipinski definition) is 1. The third-order valence-electron chi connectivity index (χ3n) is 3.85. The van der Waals surface area contributed by atoms with E-state index in [2.05, 4.69) is 32.0 Å². The van der Waals surface area contributed by atoms with E-state index in [0.29, 0.717) is 11.7 Å². The van der Waals surface area contributed by atoms with Crippen molar-refractivity contribution in [1.29, 1.82) is 0 Å². The second-order valence-corrected chi connectivity index (χ2v) is 5.31. The van der Waals surface area contributed by atoms with Gasteiger partial charge >= 0.3 is 5.97 Å². The van der Waals surface area contributed by atoms with Crippen LogP contribution >= 0.6 is 0 Å². The molecular formula is C16H17NO2. The molecule has 0 atom stereocenters. The van der Waals surface area contributed by atoms with Crippen LogP contribution in [0.2, 0.25) is 0 Å². The number of carboxylic acids is 1. The summed E-state index contributed by atoms with van der Waals surface area (Å²) in [6.07, 6.45) is 2.15. The fourth-order valence-electron chi connectivity index (χ4n) is 2.48. The van der Waals surface area contributed by atoms with Crippen molar-refractivity contribution in [2.24, 2.45) is 0 Å². The van der Waals surface area contributed by atoms with Crippen LogP contribution in [0.5, 0.6) is 0 Å². The number of nitrogens with zero attached hydrogens (tertiary/aromatic N) is 1. The maximum atomic E-state index is 11.3. The van der Waals surface area contributed by atoms with Crippen LogP contribution in [0.15, 0.2) is 30.3 Å². The highest BCUT2D eigenvalue weighted by molar-refractivity contribution is 5.87. The minimum atomic E-state index is -0.845. The summed E-state index contributed by atoms with van der Waals surface area (Å²) < 4.78 is 1.98. The molecule has 1 aromatic carbocycles. The predicted molar refractivity (Wildman–Crippen MR) is 74.6 cm³/mol. The van der Waals surface area contributed by atoms with E-state index in [-0.39, 0.29) is 0 Å². The van der Waals surface area contributed by atoms with Crippen molar-refractivity contribution in [1.82, 2.24) is 4.57 Å². The zero-order valence-corrected chi connectivity index (χ0v) is 11.2. The molecule has 0 unspecified atom stereocenters. The van der Waals surface area contributed by atoms with Gasteiger partial charge in [-0.3, -0.25) is 0 Å². The minimum absolute atomic E-state index is 0.359. The van der Waals surface area contributed by atoms with Gasteiger partial charge in [0.2, 0.25) is 0 Å². The van der Waals surface area contributed by atoms with E-state index < -0.39 is 5.97 Å². The molecule has 1 fully saturated rings. The van der Waals surface area contributed by atoms with Crippen molar-refractivity contribution in [3.8, 4) is 11.3 Å². The Morgan fingerprint density at radius 2 is 1.89 bits per heavy atom. The maximum absolute atomic E-state index is 11.3. The van der Waals surface area contributed by atoms with Crippen LogP contribution in [-0.4, -0.2) is 15.6 Å². The monoisotopic (exact) mass is 255 g/mol. The van der Waals surface area contributed by atoms with Gasteiger partial charge in [-0.2, -0.15) is 0 Å². The summed E-state index contributed by atoms with van der Waals surface area (Å²) in [6, 6.07) is 10.3. The number of aromatic carboxylic acids is 1. The number of aromatic nitrogens is 1. The lowest BCUT2D eigenvalue weighted by molar-refractivity contribution is 0.0685. The zero-order chi connectivity index (χ0) is 13.6. The molecule has 3 heteroatoms. The molecule has 0 saturated heterocycles. The third-order valence-corrected chi connectivity index (χ3v) is 3.85. The Morgan fingerprint density at radius 3 is 2.47 bits per heavy atom. The first kappa shape index (κ1) is 12.0. The van der Waals surface area contributed by atoms with Gasteiger partial charge in [-0.25, -0.2) is 4.79 Å². The summed E-state index contributed by atoms with van der Waals surface area (Å²) >= 11 is 0. The van der Waals surface area contributed by atoms with Gasteiger partial charge in [0.15, 0.2) is 0 Å². The summed E-state index contributed by atoms with van der Waals surface area (Å²) in [6.45, 7) is 4.17. The van der Waals surface area contributed by atoms with Crippen molar-refractivity contribution in [3.63, 3.8) is 0 Å². The van der Waals surface area contributed by atoms with Crippen LogP contribution < -0.4 is 0 Å². The third kappa shape index (κ3) is 2.05. The van der Waals surface area contributed by atoms with Crippen LogP contribution in [0.25, 0.3) is 11.3 Å².